The summed E-state index contributed by atoms with van der Waals surface area (Å²) in [6.07, 6.45) is 6.39. The van der Waals surface area contributed by atoms with E-state index in [4.69, 9.17) is 10.5 Å². The average Bonchev–Trinajstić information content (AvgIpc) is 2.65. The van der Waals surface area contributed by atoms with Crippen LogP contribution in [0.4, 0.5) is 0 Å². The van der Waals surface area contributed by atoms with Crippen molar-refractivity contribution in [3.05, 3.63) is 29.8 Å². The molecule has 1 unspecified atom stereocenters. The van der Waals surface area contributed by atoms with E-state index in [0.29, 0.717) is 24.6 Å². The minimum absolute atomic E-state index is 0.0276. The third-order valence-corrected chi connectivity index (χ3v) is 4.89. The first-order valence-corrected chi connectivity index (χ1v) is 9.39. The van der Waals surface area contributed by atoms with Crippen molar-refractivity contribution in [1.29, 1.82) is 0 Å². The number of carbonyl (C=O) groups is 2. The Hall–Kier alpha value is -1.88. The highest BCUT2D eigenvalue weighted by Crippen LogP contribution is 2.26. The molecule has 0 saturated heterocycles. The SMILES string of the molecule is CCOc1ccc(C(=O)CCC(=O)NC(CN)C2CCCCC2)cc1. The Labute approximate surface area is 150 Å². The van der Waals surface area contributed by atoms with Crippen LogP contribution in [0.5, 0.6) is 5.75 Å². The van der Waals surface area contributed by atoms with Crippen LogP contribution in [0.15, 0.2) is 24.3 Å². The lowest BCUT2D eigenvalue weighted by atomic mass is 9.84. The van der Waals surface area contributed by atoms with Gasteiger partial charge in [-0.25, -0.2) is 0 Å². The molecule has 1 fully saturated rings. The van der Waals surface area contributed by atoms with E-state index >= 15 is 0 Å². The Morgan fingerprint density at radius 2 is 1.84 bits per heavy atom. The summed E-state index contributed by atoms with van der Waals surface area (Å²) in [4.78, 5) is 24.4. The molecule has 0 spiro atoms. The second-order valence-electron chi connectivity index (χ2n) is 6.69. The molecular formula is C20H30N2O3. The Morgan fingerprint density at radius 1 is 1.16 bits per heavy atom. The van der Waals surface area contributed by atoms with E-state index in [2.05, 4.69) is 5.32 Å². The van der Waals surface area contributed by atoms with Crippen molar-refractivity contribution < 1.29 is 14.3 Å². The first-order valence-electron chi connectivity index (χ1n) is 9.39. The van der Waals surface area contributed by atoms with Crippen molar-refractivity contribution in [2.45, 2.75) is 57.9 Å². The lowest BCUT2D eigenvalue weighted by Gasteiger charge is -2.30. The molecule has 0 heterocycles. The summed E-state index contributed by atoms with van der Waals surface area (Å²) in [7, 11) is 0. The molecule has 1 aromatic rings. The zero-order valence-corrected chi connectivity index (χ0v) is 15.1. The number of ether oxygens (including phenoxy) is 1. The number of rotatable bonds is 9. The van der Waals surface area contributed by atoms with Gasteiger partial charge in [0.05, 0.1) is 6.61 Å². The maximum absolute atomic E-state index is 12.2. The minimum Gasteiger partial charge on any atom is -0.494 e. The molecule has 1 aliphatic carbocycles. The lowest BCUT2D eigenvalue weighted by Crippen LogP contribution is -2.45. The topological polar surface area (TPSA) is 81.4 Å². The Balaban J connectivity index is 1.78. The molecule has 25 heavy (non-hydrogen) atoms. The van der Waals surface area contributed by atoms with Crippen LogP contribution in [-0.4, -0.2) is 30.9 Å². The normalized spacial score (nSPS) is 16.2. The van der Waals surface area contributed by atoms with E-state index in [-0.39, 0.29) is 30.6 Å². The fraction of sp³-hybridized carbons (Fsp3) is 0.600. The number of nitrogens with one attached hydrogen (secondary N) is 1. The van der Waals surface area contributed by atoms with Crippen LogP contribution < -0.4 is 15.8 Å². The number of amides is 1. The molecule has 2 rings (SSSR count). The average molecular weight is 346 g/mol. The van der Waals surface area contributed by atoms with Gasteiger partial charge >= 0.3 is 0 Å². The van der Waals surface area contributed by atoms with Crippen molar-refractivity contribution in [1.82, 2.24) is 5.32 Å². The predicted molar refractivity (Wildman–Crippen MR) is 98.7 cm³/mol. The van der Waals surface area contributed by atoms with Crippen LogP contribution in [0.1, 0.15) is 62.2 Å². The van der Waals surface area contributed by atoms with Gasteiger partial charge in [-0.2, -0.15) is 0 Å². The molecule has 1 amide bonds. The van der Waals surface area contributed by atoms with E-state index in [1.807, 2.05) is 6.92 Å². The Bertz CT molecular complexity index is 551. The van der Waals surface area contributed by atoms with Gasteiger partial charge in [0.1, 0.15) is 5.75 Å². The van der Waals surface area contributed by atoms with Gasteiger partial charge < -0.3 is 15.8 Å². The van der Waals surface area contributed by atoms with Gasteiger partial charge in [-0.05, 0) is 49.9 Å². The molecule has 0 aromatic heterocycles. The largest absolute Gasteiger partial charge is 0.494 e. The number of hydrogen-bond acceptors (Lipinski definition) is 4. The van der Waals surface area contributed by atoms with E-state index in [1.54, 1.807) is 24.3 Å². The highest BCUT2D eigenvalue weighted by molar-refractivity contribution is 5.98. The number of benzene rings is 1. The van der Waals surface area contributed by atoms with Crippen molar-refractivity contribution in [2.24, 2.45) is 11.7 Å². The molecule has 1 saturated carbocycles. The quantitative estimate of drug-likeness (QED) is 0.673. The molecule has 3 N–H and O–H groups in total. The van der Waals surface area contributed by atoms with Gasteiger partial charge in [0, 0.05) is 31.0 Å². The maximum atomic E-state index is 12.2. The molecule has 0 aliphatic heterocycles. The predicted octanol–water partition coefficient (Wildman–Crippen LogP) is 3.07. The smallest absolute Gasteiger partial charge is 0.220 e. The molecule has 0 radical (unpaired) electrons. The second-order valence-corrected chi connectivity index (χ2v) is 6.69. The summed E-state index contributed by atoms with van der Waals surface area (Å²) in [6, 6.07) is 7.09. The van der Waals surface area contributed by atoms with Crippen molar-refractivity contribution >= 4 is 11.7 Å². The van der Waals surface area contributed by atoms with Crippen LogP contribution in [-0.2, 0) is 4.79 Å². The van der Waals surface area contributed by atoms with E-state index in [1.165, 1.54) is 19.3 Å². The molecular weight excluding hydrogens is 316 g/mol. The van der Waals surface area contributed by atoms with Gasteiger partial charge in [-0.15, -0.1) is 0 Å². The number of nitrogens with two attached hydrogens (primary N) is 1. The fourth-order valence-electron chi connectivity index (χ4n) is 3.46. The van der Waals surface area contributed by atoms with Crippen molar-refractivity contribution in [3.63, 3.8) is 0 Å². The lowest BCUT2D eigenvalue weighted by molar-refractivity contribution is -0.122. The first-order chi connectivity index (χ1) is 12.1. The number of carbonyl (C=O) groups excluding carboxylic acids is 2. The van der Waals surface area contributed by atoms with Gasteiger partial charge in [0.2, 0.25) is 5.91 Å². The molecule has 0 bridgehead atoms. The van der Waals surface area contributed by atoms with Gasteiger partial charge in [-0.3, -0.25) is 9.59 Å². The van der Waals surface area contributed by atoms with Crippen molar-refractivity contribution in [2.75, 3.05) is 13.2 Å². The van der Waals surface area contributed by atoms with E-state index in [0.717, 1.165) is 18.6 Å². The van der Waals surface area contributed by atoms with E-state index < -0.39 is 0 Å². The highest BCUT2D eigenvalue weighted by atomic mass is 16.5. The van der Waals surface area contributed by atoms with Crippen molar-refractivity contribution in [3.8, 4) is 5.75 Å². The molecule has 1 atom stereocenters. The Morgan fingerprint density at radius 3 is 2.44 bits per heavy atom. The van der Waals surface area contributed by atoms with Crippen LogP contribution in [0.25, 0.3) is 0 Å². The summed E-state index contributed by atoms with van der Waals surface area (Å²) in [5, 5.41) is 3.03. The zero-order chi connectivity index (χ0) is 18.1. The second kappa shape index (κ2) is 10.2. The maximum Gasteiger partial charge on any atom is 0.220 e. The monoisotopic (exact) mass is 346 g/mol. The minimum atomic E-state index is -0.0830. The van der Waals surface area contributed by atoms with Gasteiger partial charge in [-0.1, -0.05) is 19.3 Å². The van der Waals surface area contributed by atoms with Crippen LogP contribution in [0, 0.1) is 5.92 Å². The zero-order valence-electron chi connectivity index (χ0n) is 15.1. The van der Waals surface area contributed by atoms with Gasteiger partial charge in [0.15, 0.2) is 5.78 Å². The van der Waals surface area contributed by atoms with E-state index in [9.17, 15) is 9.59 Å². The standard InChI is InChI=1S/C20H30N2O3/c1-2-25-17-10-8-16(9-11-17)19(23)12-13-20(24)22-18(14-21)15-6-4-3-5-7-15/h8-11,15,18H,2-7,12-14,21H2,1H3,(H,22,24). The van der Waals surface area contributed by atoms with Crippen LogP contribution >= 0.6 is 0 Å². The van der Waals surface area contributed by atoms with Crippen LogP contribution in [0.2, 0.25) is 0 Å². The summed E-state index contributed by atoms with van der Waals surface area (Å²) < 4.78 is 5.37. The highest BCUT2D eigenvalue weighted by Gasteiger charge is 2.24. The number of Topliss-reactive ketones (excluding diaryl/α,β-unsaturated/α-hetero) is 1. The summed E-state index contributed by atoms with van der Waals surface area (Å²) >= 11 is 0. The van der Waals surface area contributed by atoms with Crippen LogP contribution in [0.3, 0.4) is 0 Å². The number of ketones is 1. The Kier molecular flexibility index (Phi) is 7.92. The fourth-order valence-corrected chi connectivity index (χ4v) is 3.46. The van der Waals surface area contributed by atoms with Gasteiger partial charge in [0.25, 0.3) is 0 Å². The molecule has 5 nitrogen and oxygen atoms in total. The molecule has 1 aliphatic rings. The number of hydrogen-bond donors (Lipinski definition) is 2. The summed E-state index contributed by atoms with van der Waals surface area (Å²) in [6.45, 7) is 2.97. The summed E-state index contributed by atoms with van der Waals surface area (Å²) in [5.41, 5.74) is 6.45. The third-order valence-electron chi connectivity index (χ3n) is 4.89. The molecule has 1 aromatic carbocycles. The molecule has 138 valence electrons. The molecule has 5 heteroatoms. The first kappa shape index (κ1) is 19.4. The third kappa shape index (κ3) is 6.16. The summed E-state index contributed by atoms with van der Waals surface area (Å²) in [5.74, 6) is 1.11.